The van der Waals surface area contributed by atoms with Crippen molar-refractivity contribution in [2.24, 2.45) is 4.99 Å². The van der Waals surface area contributed by atoms with Crippen LogP contribution in [0.4, 0.5) is 0 Å². The zero-order chi connectivity index (χ0) is 15.8. The number of carbonyl (C=O) groups excluding carboxylic acids is 1. The van der Waals surface area contributed by atoms with E-state index in [4.69, 9.17) is 4.74 Å². The maximum absolute atomic E-state index is 12.3. The molecule has 2 rings (SSSR count). The molecular weight excluding hydrogens is 276 g/mol. The lowest BCUT2D eigenvalue weighted by Gasteiger charge is -2.08. The summed E-state index contributed by atoms with van der Waals surface area (Å²) in [5.74, 6) is 0.870. The SMILES string of the molecule is CC(C)N=c1ccccn1C(=O)CCCOc1ccccc1. The molecule has 0 fully saturated rings. The van der Waals surface area contributed by atoms with Gasteiger partial charge in [-0.15, -0.1) is 0 Å². The fourth-order valence-corrected chi connectivity index (χ4v) is 2.07. The van der Waals surface area contributed by atoms with E-state index in [-0.39, 0.29) is 11.9 Å². The van der Waals surface area contributed by atoms with Crippen molar-refractivity contribution >= 4 is 5.91 Å². The van der Waals surface area contributed by atoms with Gasteiger partial charge in [0.05, 0.1) is 6.61 Å². The summed E-state index contributed by atoms with van der Waals surface area (Å²) in [5, 5.41) is 0. The minimum atomic E-state index is 0.0386. The monoisotopic (exact) mass is 298 g/mol. The quantitative estimate of drug-likeness (QED) is 0.768. The van der Waals surface area contributed by atoms with Crippen LogP contribution in [0, 0.1) is 0 Å². The topological polar surface area (TPSA) is 43.6 Å². The number of pyridine rings is 1. The molecule has 0 unspecified atom stereocenters. The Morgan fingerprint density at radius 2 is 1.86 bits per heavy atom. The van der Waals surface area contributed by atoms with Crippen LogP contribution >= 0.6 is 0 Å². The molecule has 0 saturated heterocycles. The van der Waals surface area contributed by atoms with Crippen molar-refractivity contribution in [1.82, 2.24) is 4.57 Å². The largest absolute Gasteiger partial charge is 0.494 e. The van der Waals surface area contributed by atoms with Gasteiger partial charge in [0.25, 0.3) is 0 Å². The Bertz CT molecular complexity index is 660. The lowest BCUT2D eigenvalue weighted by atomic mass is 10.3. The van der Waals surface area contributed by atoms with Gasteiger partial charge in [0.15, 0.2) is 0 Å². The van der Waals surface area contributed by atoms with E-state index in [0.717, 1.165) is 5.75 Å². The first-order valence-corrected chi connectivity index (χ1v) is 7.59. The summed E-state index contributed by atoms with van der Waals surface area (Å²) >= 11 is 0. The summed E-state index contributed by atoms with van der Waals surface area (Å²) in [6.45, 7) is 4.52. The van der Waals surface area contributed by atoms with Crippen molar-refractivity contribution in [3.8, 4) is 5.75 Å². The lowest BCUT2D eigenvalue weighted by Crippen LogP contribution is -2.27. The van der Waals surface area contributed by atoms with Crippen LogP contribution in [0.5, 0.6) is 5.75 Å². The average molecular weight is 298 g/mol. The van der Waals surface area contributed by atoms with Crippen molar-refractivity contribution in [2.75, 3.05) is 6.61 Å². The van der Waals surface area contributed by atoms with Gasteiger partial charge >= 0.3 is 0 Å². The number of carbonyl (C=O) groups is 1. The van der Waals surface area contributed by atoms with Gasteiger partial charge < -0.3 is 4.74 Å². The van der Waals surface area contributed by atoms with Gasteiger partial charge in [-0.3, -0.25) is 14.4 Å². The van der Waals surface area contributed by atoms with E-state index in [1.807, 2.05) is 62.4 Å². The van der Waals surface area contributed by atoms with E-state index in [9.17, 15) is 4.79 Å². The van der Waals surface area contributed by atoms with Crippen molar-refractivity contribution in [1.29, 1.82) is 0 Å². The van der Waals surface area contributed by atoms with E-state index in [1.165, 1.54) is 0 Å². The number of nitrogens with zero attached hydrogens (tertiary/aromatic N) is 2. The molecule has 2 aromatic rings. The summed E-state index contributed by atoms with van der Waals surface area (Å²) in [6.07, 6.45) is 2.88. The van der Waals surface area contributed by atoms with Gasteiger partial charge in [-0.25, -0.2) is 0 Å². The number of hydrogen-bond acceptors (Lipinski definition) is 3. The molecule has 1 heterocycles. The van der Waals surface area contributed by atoms with Crippen molar-refractivity contribution in [3.63, 3.8) is 0 Å². The van der Waals surface area contributed by atoms with Crippen LogP contribution in [0.2, 0.25) is 0 Å². The molecule has 22 heavy (non-hydrogen) atoms. The molecule has 1 aromatic heterocycles. The molecule has 4 heteroatoms. The second-order valence-electron chi connectivity index (χ2n) is 5.31. The molecule has 4 nitrogen and oxygen atoms in total. The molecule has 0 aliphatic rings. The standard InChI is InChI=1S/C18H22N2O2/c1-15(2)19-17-11-6-7-13-20(17)18(21)12-8-14-22-16-9-4-3-5-10-16/h3-7,9-11,13,15H,8,12,14H2,1-2H3. The molecule has 0 amide bonds. The molecule has 0 radical (unpaired) electrons. The Kier molecular flexibility index (Phi) is 5.95. The first kappa shape index (κ1) is 16.0. The Morgan fingerprint density at radius 1 is 1.14 bits per heavy atom. The maximum Gasteiger partial charge on any atom is 0.232 e. The molecule has 0 spiro atoms. The molecule has 0 bridgehead atoms. The summed E-state index contributed by atoms with van der Waals surface area (Å²) in [5.41, 5.74) is 0.700. The Morgan fingerprint density at radius 3 is 2.59 bits per heavy atom. The molecule has 0 N–H and O–H groups in total. The average Bonchev–Trinajstić information content (AvgIpc) is 2.52. The van der Waals surface area contributed by atoms with E-state index in [2.05, 4.69) is 4.99 Å². The molecule has 1 aromatic carbocycles. The molecular formula is C18H22N2O2. The van der Waals surface area contributed by atoms with Crippen LogP contribution < -0.4 is 10.2 Å². The van der Waals surface area contributed by atoms with Crippen molar-refractivity contribution in [2.45, 2.75) is 32.7 Å². The second kappa shape index (κ2) is 8.17. The minimum Gasteiger partial charge on any atom is -0.494 e. The van der Waals surface area contributed by atoms with Gasteiger partial charge in [-0.05, 0) is 44.5 Å². The first-order valence-electron chi connectivity index (χ1n) is 7.59. The van der Waals surface area contributed by atoms with Gasteiger partial charge in [0, 0.05) is 18.7 Å². The zero-order valence-corrected chi connectivity index (χ0v) is 13.1. The highest BCUT2D eigenvalue weighted by Crippen LogP contribution is 2.08. The van der Waals surface area contributed by atoms with Crippen molar-refractivity contribution in [3.05, 3.63) is 60.2 Å². The van der Waals surface area contributed by atoms with Gasteiger partial charge in [-0.2, -0.15) is 0 Å². The molecule has 0 aliphatic carbocycles. The Labute approximate surface area is 131 Å². The van der Waals surface area contributed by atoms with Crippen molar-refractivity contribution < 1.29 is 9.53 Å². The number of ether oxygens (including phenoxy) is 1. The Hall–Kier alpha value is -2.36. The fraction of sp³-hybridized carbons (Fsp3) is 0.333. The Balaban J connectivity index is 1.90. The molecule has 116 valence electrons. The van der Waals surface area contributed by atoms with E-state index in [1.54, 1.807) is 10.8 Å². The lowest BCUT2D eigenvalue weighted by molar-refractivity contribution is 0.0887. The van der Waals surface area contributed by atoms with E-state index in [0.29, 0.717) is 24.9 Å². The van der Waals surface area contributed by atoms with Gasteiger partial charge in [-0.1, -0.05) is 24.3 Å². The summed E-state index contributed by atoms with van der Waals surface area (Å²) in [7, 11) is 0. The predicted octanol–water partition coefficient (Wildman–Crippen LogP) is 3.30. The molecule has 0 saturated carbocycles. The zero-order valence-electron chi connectivity index (χ0n) is 13.1. The third-order valence-corrected chi connectivity index (χ3v) is 3.04. The van der Waals surface area contributed by atoms with E-state index >= 15 is 0 Å². The minimum absolute atomic E-state index is 0.0386. The highest BCUT2D eigenvalue weighted by Gasteiger charge is 2.05. The number of benzene rings is 1. The van der Waals surface area contributed by atoms with Gasteiger partial charge in [0.2, 0.25) is 5.91 Å². The molecule has 0 aliphatic heterocycles. The highest BCUT2D eigenvalue weighted by atomic mass is 16.5. The normalized spacial score (nSPS) is 11.7. The third-order valence-electron chi connectivity index (χ3n) is 3.04. The maximum atomic E-state index is 12.3. The van der Waals surface area contributed by atoms with Crippen LogP contribution in [0.3, 0.4) is 0 Å². The molecule has 0 atom stereocenters. The third kappa shape index (κ3) is 4.88. The summed E-state index contributed by atoms with van der Waals surface area (Å²) in [4.78, 5) is 16.8. The summed E-state index contributed by atoms with van der Waals surface area (Å²) < 4.78 is 7.22. The van der Waals surface area contributed by atoms with Crippen LogP contribution in [-0.2, 0) is 0 Å². The van der Waals surface area contributed by atoms with E-state index < -0.39 is 0 Å². The van der Waals surface area contributed by atoms with Crippen LogP contribution in [0.15, 0.2) is 59.7 Å². The number of rotatable bonds is 6. The fourth-order valence-electron chi connectivity index (χ4n) is 2.07. The number of aromatic nitrogens is 1. The summed E-state index contributed by atoms with van der Waals surface area (Å²) in [6, 6.07) is 15.4. The second-order valence-corrected chi connectivity index (χ2v) is 5.31. The van der Waals surface area contributed by atoms with Gasteiger partial charge in [0.1, 0.15) is 11.2 Å². The van der Waals surface area contributed by atoms with Crippen LogP contribution in [0.1, 0.15) is 31.5 Å². The number of para-hydroxylation sites is 1. The van der Waals surface area contributed by atoms with Crippen LogP contribution in [0.25, 0.3) is 0 Å². The number of hydrogen-bond donors (Lipinski definition) is 0. The predicted molar refractivity (Wildman–Crippen MR) is 86.9 cm³/mol. The smallest absolute Gasteiger partial charge is 0.232 e. The first-order chi connectivity index (χ1) is 10.7. The highest BCUT2D eigenvalue weighted by molar-refractivity contribution is 5.78. The van der Waals surface area contributed by atoms with Crippen LogP contribution in [-0.4, -0.2) is 23.1 Å².